The number of rotatable bonds is 5. The number of aromatic nitrogens is 8. The first-order chi connectivity index (χ1) is 28.3. The summed E-state index contributed by atoms with van der Waals surface area (Å²) in [6, 6.07) is 57.4. The summed E-state index contributed by atoms with van der Waals surface area (Å²) >= 11 is 0. The summed E-state index contributed by atoms with van der Waals surface area (Å²) in [7, 11) is 0. The maximum atomic E-state index is 5.30. The lowest BCUT2D eigenvalue weighted by molar-refractivity contribution is 0.768. The fourth-order valence-corrected chi connectivity index (χ4v) is 9.13. The zero-order chi connectivity index (χ0) is 37.5. The number of para-hydroxylation sites is 1. The van der Waals surface area contributed by atoms with Crippen LogP contribution in [0.3, 0.4) is 0 Å². The SMILES string of the molecule is c1ccc(C2(c3ccccc3)c3ccccc3-c3cc(-c4nc(-n5c6ccccc6c6cccnc65)nc(-n5c6ncccc6c6cccnc65)n4)ccc32)cc1. The zero-order valence-corrected chi connectivity index (χ0v) is 30.4. The van der Waals surface area contributed by atoms with Gasteiger partial charge in [0.05, 0.1) is 10.9 Å². The molecule has 0 spiro atoms. The Bertz CT molecular complexity index is 3090. The minimum atomic E-state index is -0.517. The van der Waals surface area contributed by atoms with Gasteiger partial charge in [-0.2, -0.15) is 15.0 Å². The molecule has 8 heteroatoms. The van der Waals surface area contributed by atoms with Crippen molar-refractivity contribution in [2.75, 3.05) is 0 Å². The van der Waals surface area contributed by atoms with E-state index in [1.807, 2.05) is 45.7 Å². The second kappa shape index (κ2) is 12.1. The molecule has 0 saturated heterocycles. The third-order valence-corrected chi connectivity index (χ3v) is 11.4. The average Bonchev–Trinajstić information content (AvgIpc) is 3.91. The highest BCUT2D eigenvalue weighted by Crippen LogP contribution is 2.56. The minimum Gasteiger partial charge on any atom is -0.262 e. The number of fused-ring (bicyclic) bond motifs is 9. The quantitative estimate of drug-likeness (QED) is 0.175. The van der Waals surface area contributed by atoms with Gasteiger partial charge in [-0.1, -0.05) is 115 Å². The molecule has 1 aliphatic carbocycles. The molecule has 6 aromatic heterocycles. The average molecular weight is 731 g/mol. The third-order valence-electron chi connectivity index (χ3n) is 11.4. The van der Waals surface area contributed by atoms with E-state index in [-0.39, 0.29) is 0 Å². The first-order valence-electron chi connectivity index (χ1n) is 19.0. The first kappa shape index (κ1) is 31.5. The van der Waals surface area contributed by atoms with Gasteiger partial charge in [0.15, 0.2) is 5.82 Å². The highest BCUT2D eigenvalue weighted by molar-refractivity contribution is 6.08. The van der Waals surface area contributed by atoms with E-state index in [9.17, 15) is 0 Å². The molecule has 11 aromatic rings. The van der Waals surface area contributed by atoms with Crippen LogP contribution in [0.15, 0.2) is 182 Å². The molecule has 0 amide bonds. The van der Waals surface area contributed by atoms with Gasteiger partial charge in [0.25, 0.3) is 0 Å². The predicted octanol–water partition coefficient (Wildman–Crippen LogP) is 10.3. The topological polar surface area (TPSA) is 87.2 Å². The molecule has 0 radical (unpaired) electrons. The van der Waals surface area contributed by atoms with E-state index in [1.165, 1.54) is 27.8 Å². The van der Waals surface area contributed by atoms with E-state index < -0.39 is 5.41 Å². The largest absolute Gasteiger partial charge is 0.262 e. The lowest BCUT2D eigenvalue weighted by Crippen LogP contribution is -2.28. The van der Waals surface area contributed by atoms with Gasteiger partial charge >= 0.3 is 0 Å². The van der Waals surface area contributed by atoms with E-state index in [0.717, 1.165) is 43.8 Å². The smallest absolute Gasteiger partial charge is 0.242 e. The molecule has 12 rings (SSSR count). The molecule has 0 aliphatic heterocycles. The van der Waals surface area contributed by atoms with Crippen LogP contribution in [0.2, 0.25) is 0 Å². The Morgan fingerprint density at radius 3 is 1.56 bits per heavy atom. The molecule has 0 bridgehead atoms. The molecule has 0 atom stereocenters. The van der Waals surface area contributed by atoms with E-state index in [1.54, 1.807) is 12.4 Å². The Kier molecular flexibility index (Phi) is 6.68. The van der Waals surface area contributed by atoms with Crippen LogP contribution in [0.1, 0.15) is 22.3 Å². The number of hydrogen-bond donors (Lipinski definition) is 0. The van der Waals surface area contributed by atoms with Crippen molar-refractivity contribution in [2.24, 2.45) is 0 Å². The van der Waals surface area contributed by atoms with Gasteiger partial charge in [0.2, 0.25) is 11.9 Å². The fourth-order valence-electron chi connectivity index (χ4n) is 9.13. The van der Waals surface area contributed by atoms with Crippen LogP contribution in [0.5, 0.6) is 0 Å². The van der Waals surface area contributed by atoms with Crippen LogP contribution >= 0.6 is 0 Å². The second-order valence-corrected chi connectivity index (χ2v) is 14.4. The Morgan fingerprint density at radius 2 is 0.895 bits per heavy atom. The summed E-state index contributed by atoms with van der Waals surface area (Å²) in [5.74, 6) is 1.39. The van der Waals surface area contributed by atoms with Crippen molar-refractivity contribution < 1.29 is 0 Å². The zero-order valence-electron chi connectivity index (χ0n) is 30.4. The van der Waals surface area contributed by atoms with Gasteiger partial charge in [-0.15, -0.1) is 0 Å². The molecular weight excluding hydrogens is 701 g/mol. The van der Waals surface area contributed by atoms with E-state index in [4.69, 9.17) is 29.9 Å². The Labute approximate surface area is 326 Å². The van der Waals surface area contributed by atoms with Gasteiger partial charge in [-0.05, 0) is 81.9 Å². The lowest BCUT2D eigenvalue weighted by atomic mass is 9.67. The molecule has 0 saturated carbocycles. The van der Waals surface area contributed by atoms with Crippen LogP contribution < -0.4 is 0 Å². The highest BCUT2D eigenvalue weighted by Gasteiger charge is 2.46. The predicted molar refractivity (Wildman–Crippen MR) is 225 cm³/mol. The van der Waals surface area contributed by atoms with Crippen LogP contribution in [-0.4, -0.2) is 39.0 Å². The molecule has 5 aromatic carbocycles. The fraction of sp³-hybridized carbons (Fsp3) is 0.0204. The monoisotopic (exact) mass is 730 g/mol. The maximum Gasteiger partial charge on any atom is 0.242 e. The van der Waals surface area contributed by atoms with E-state index in [0.29, 0.717) is 29.0 Å². The van der Waals surface area contributed by atoms with Crippen molar-refractivity contribution >= 4 is 44.0 Å². The second-order valence-electron chi connectivity index (χ2n) is 14.4. The van der Waals surface area contributed by atoms with Gasteiger partial charge in [0.1, 0.15) is 16.9 Å². The molecule has 57 heavy (non-hydrogen) atoms. The standard InChI is InChI=1S/C49H30N8/c1-3-14-32(15-4-1)49(33-16-5-2-6-17-33)40-23-9-7-18-34(40)39-30-31(25-26-41(39)49)43-53-47(56-42-24-10-8-19-35(42)36-20-11-27-50-44(36)56)55-48(54-43)57-45-37(21-12-28-51-45)38-22-13-29-52-46(38)57/h1-30H. The lowest BCUT2D eigenvalue weighted by Gasteiger charge is -2.33. The molecule has 0 fully saturated rings. The van der Waals surface area contributed by atoms with Gasteiger partial charge < -0.3 is 0 Å². The molecule has 266 valence electrons. The van der Waals surface area contributed by atoms with Crippen LogP contribution in [-0.2, 0) is 5.41 Å². The van der Waals surface area contributed by atoms with Crippen molar-refractivity contribution in [2.45, 2.75) is 5.41 Å². The Morgan fingerprint density at radius 1 is 0.386 bits per heavy atom. The highest BCUT2D eigenvalue weighted by atomic mass is 15.3. The first-order valence-corrected chi connectivity index (χ1v) is 19.0. The molecule has 1 aliphatic rings. The van der Waals surface area contributed by atoms with Crippen LogP contribution in [0, 0.1) is 0 Å². The van der Waals surface area contributed by atoms with Gasteiger partial charge in [0, 0.05) is 45.7 Å². The summed E-state index contributed by atoms with van der Waals surface area (Å²) in [5, 5.41) is 4.02. The van der Waals surface area contributed by atoms with Gasteiger partial charge in [-0.25, -0.2) is 19.5 Å². The molecule has 0 unspecified atom stereocenters. The number of benzene rings is 5. The molecule has 6 heterocycles. The summed E-state index contributed by atoms with van der Waals surface area (Å²) in [6.45, 7) is 0. The third kappa shape index (κ3) is 4.43. The van der Waals surface area contributed by atoms with Crippen molar-refractivity contribution in [1.82, 2.24) is 39.0 Å². The van der Waals surface area contributed by atoms with Crippen LogP contribution in [0.4, 0.5) is 0 Å². The molecular formula is C49H30N8. The van der Waals surface area contributed by atoms with Crippen molar-refractivity contribution in [3.63, 3.8) is 0 Å². The number of hydrogen-bond acceptors (Lipinski definition) is 6. The number of pyridine rings is 3. The Hall–Kier alpha value is -7.84. The number of nitrogens with zero attached hydrogens (tertiary/aromatic N) is 8. The van der Waals surface area contributed by atoms with Crippen molar-refractivity contribution in [1.29, 1.82) is 0 Å². The van der Waals surface area contributed by atoms with Crippen molar-refractivity contribution in [3.8, 4) is 34.4 Å². The van der Waals surface area contributed by atoms with E-state index >= 15 is 0 Å². The van der Waals surface area contributed by atoms with Crippen molar-refractivity contribution in [3.05, 3.63) is 205 Å². The molecule has 0 N–H and O–H groups in total. The molecule has 8 nitrogen and oxygen atoms in total. The normalized spacial score (nSPS) is 13.1. The summed E-state index contributed by atoms with van der Waals surface area (Å²) in [4.78, 5) is 30.4. The van der Waals surface area contributed by atoms with Gasteiger partial charge in [-0.3, -0.25) is 4.57 Å². The van der Waals surface area contributed by atoms with E-state index in [2.05, 4.69) is 133 Å². The summed E-state index contributed by atoms with van der Waals surface area (Å²) in [5.41, 5.74) is 10.7. The minimum absolute atomic E-state index is 0.415. The summed E-state index contributed by atoms with van der Waals surface area (Å²) in [6.07, 6.45) is 5.40. The van der Waals surface area contributed by atoms with Crippen LogP contribution in [0.25, 0.3) is 78.4 Å². The summed E-state index contributed by atoms with van der Waals surface area (Å²) < 4.78 is 3.98. The maximum absolute atomic E-state index is 5.30. The Balaban J connectivity index is 1.16.